The van der Waals surface area contributed by atoms with E-state index in [1.54, 1.807) is 13.8 Å². The number of aliphatic hydroxyl groups excluding tert-OH is 2. The van der Waals surface area contributed by atoms with Crippen molar-refractivity contribution in [2.45, 2.75) is 46.1 Å². The topological polar surface area (TPSA) is 74.6 Å². The van der Waals surface area contributed by atoms with Gasteiger partial charge in [-0.15, -0.1) is 0 Å². The van der Waals surface area contributed by atoms with Crippen molar-refractivity contribution in [1.82, 2.24) is 0 Å². The van der Waals surface area contributed by atoms with E-state index in [9.17, 15) is 14.7 Å². The second kappa shape index (κ2) is 5.98. The quantitative estimate of drug-likeness (QED) is 0.656. The van der Waals surface area contributed by atoms with Crippen LogP contribution < -0.4 is 0 Å². The summed E-state index contributed by atoms with van der Waals surface area (Å²) in [4.78, 5) is 22.1. The van der Waals surface area contributed by atoms with Crippen LogP contribution in [0.3, 0.4) is 0 Å². The van der Waals surface area contributed by atoms with Crippen LogP contribution in [-0.4, -0.2) is 34.5 Å². The molecule has 4 heteroatoms. The van der Waals surface area contributed by atoms with Gasteiger partial charge in [0.2, 0.25) is 0 Å². The fourth-order valence-corrected chi connectivity index (χ4v) is 1.17. The molecule has 0 heterocycles. The Kier molecular flexibility index (Phi) is 5.68. The zero-order valence-electron chi connectivity index (χ0n) is 9.62. The highest BCUT2D eigenvalue weighted by molar-refractivity contribution is 5.84. The highest BCUT2D eigenvalue weighted by Crippen LogP contribution is 2.21. The molecule has 15 heavy (non-hydrogen) atoms. The van der Waals surface area contributed by atoms with E-state index in [1.165, 1.54) is 6.92 Å². The first-order valence-electron chi connectivity index (χ1n) is 5.12. The van der Waals surface area contributed by atoms with Crippen LogP contribution in [0.1, 0.15) is 40.0 Å². The fraction of sp³-hybridized carbons (Fsp3) is 0.818. The summed E-state index contributed by atoms with van der Waals surface area (Å²) < 4.78 is 0. The first kappa shape index (κ1) is 14.3. The van der Waals surface area contributed by atoms with Gasteiger partial charge in [-0.1, -0.05) is 13.8 Å². The predicted molar refractivity (Wildman–Crippen MR) is 56.4 cm³/mol. The SMILES string of the molecule is CC(=O)CCCC(=O)[C@H](O)C(C)(C)CO. The van der Waals surface area contributed by atoms with Gasteiger partial charge in [0.25, 0.3) is 0 Å². The van der Waals surface area contributed by atoms with Gasteiger partial charge in [-0.25, -0.2) is 0 Å². The van der Waals surface area contributed by atoms with E-state index in [0.717, 1.165) is 0 Å². The lowest BCUT2D eigenvalue weighted by Crippen LogP contribution is -2.39. The van der Waals surface area contributed by atoms with Crippen LogP contribution in [0.2, 0.25) is 0 Å². The van der Waals surface area contributed by atoms with Gasteiger partial charge in [-0.2, -0.15) is 0 Å². The number of carbonyl (C=O) groups is 2. The van der Waals surface area contributed by atoms with Crippen LogP contribution in [0.4, 0.5) is 0 Å². The molecule has 0 aliphatic carbocycles. The molecule has 0 saturated carbocycles. The number of hydrogen-bond donors (Lipinski definition) is 2. The predicted octanol–water partition coefficient (Wildman–Crippen LogP) is 0.694. The molecule has 0 fully saturated rings. The molecule has 0 saturated heterocycles. The maximum atomic E-state index is 11.5. The van der Waals surface area contributed by atoms with Crippen molar-refractivity contribution in [1.29, 1.82) is 0 Å². The van der Waals surface area contributed by atoms with Crippen LogP contribution in [0, 0.1) is 5.41 Å². The van der Waals surface area contributed by atoms with Gasteiger partial charge in [-0.3, -0.25) is 4.79 Å². The molecule has 0 unspecified atom stereocenters. The third-order valence-corrected chi connectivity index (χ3v) is 2.40. The molecular formula is C11H20O4. The van der Waals surface area contributed by atoms with Crippen LogP contribution in [0.15, 0.2) is 0 Å². The largest absolute Gasteiger partial charge is 0.396 e. The van der Waals surface area contributed by atoms with Crippen molar-refractivity contribution in [2.24, 2.45) is 5.41 Å². The van der Waals surface area contributed by atoms with Crippen molar-refractivity contribution in [3.8, 4) is 0 Å². The van der Waals surface area contributed by atoms with Crippen LogP contribution in [-0.2, 0) is 9.59 Å². The summed E-state index contributed by atoms with van der Waals surface area (Å²) in [6.07, 6.45) is -0.149. The Bertz CT molecular complexity index is 233. The van der Waals surface area contributed by atoms with Gasteiger partial charge < -0.3 is 15.0 Å². The molecule has 0 aromatic rings. The molecule has 0 bridgehead atoms. The molecular weight excluding hydrogens is 196 g/mol. The van der Waals surface area contributed by atoms with Crippen molar-refractivity contribution >= 4 is 11.6 Å². The lowest BCUT2D eigenvalue weighted by molar-refractivity contribution is -0.134. The van der Waals surface area contributed by atoms with Crippen LogP contribution >= 0.6 is 0 Å². The Balaban J connectivity index is 4.05. The smallest absolute Gasteiger partial charge is 0.161 e. The van der Waals surface area contributed by atoms with E-state index >= 15 is 0 Å². The van der Waals surface area contributed by atoms with Crippen molar-refractivity contribution in [3.63, 3.8) is 0 Å². The summed E-state index contributed by atoms with van der Waals surface area (Å²) in [6.45, 7) is 4.48. The second-order valence-corrected chi connectivity index (χ2v) is 4.57. The van der Waals surface area contributed by atoms with Gasteiger partial charge in [0.15, 0.2) is 5.78 Å². The Morgan fingerprint density at radius 3 is 2.20 bits per heavy atom. The van der Waals surface area contributed by atoms with Crippen molar-refractivity contribution < 1.29 is 19.8 Å². The lowest BCUT2D eigenvalue weighted by Gasteiger charge is -2.26. The monoisotopic (exact) mass is 216 g/mol. The Morgan fingerprint density at radius 2 is 1.80 bits per heavy atom. The molecule has 2 N–H and O–H groups in total. The Labute approximate surface area is 90.3 Å². The molecule has 0 amide bonds. The van der Waals surface area contributed by atoms with Gasteiger partial charge in [0, 0.05) is 18.3 Å². The van der Waals surface area contributed by atoms with Gasteiger partial charge in [-0.05, 0) is 13.3 Å². The summed E-state index contributed by atoms with van der Waals surface area (Å²) >= 11 is 0. The first-order valence-corrected chi connectivity index (χ1v) is 5.12. The number of aliphatic hydroxyl groups is 2. The highest BCUT2D eigenvalue weighted by Gasteiger charge is 2.32. The van der Waals surface area contributed by atoms with Crippen molar-refractivity contribution in [2.75, 3.05) is 6.61 Å². The van der Waals surface area contributed by atoms with Gasteiger partial charge in [0.05, 0.1) is 6.61 Å². The molecule has 0 spiro atoms. The van der Waals surface area contributed by atoms with E-state index in [4.69, 9.17) is 5.11 Å². The number of carbonyl (C=O) groups excluding carboxylic acids is 2. The number of hydrogen-bond acceptors (Lipinski definition) is 4. The minimum atomic E-state index is -1.16. The minimum Gasteiger partial charge on any atom is -0.396 e. The third-order valence-electron chi connectivity index (χ3n) is 2.40. The summed E-state index contributed by atoms with van der Waals surface area (Å²) in [5.74, 6) is -0.269. The molecule has 0 aliphatic heterocycles. The number of Topliss-reactive ketones (excluding diaryl/α,β-unsaturated/α-hetero) is 2. The highest BCUT2D eigenvalue weighted by atomic mass is 16.3. The zero-order chi connectivity index (χ0) is 12.1. The molecule has 0 aromatic carbocycles. The van der Waals surface area contributed by atoms with Crippen molar-refractivity contribution in [3.05, 3.63) is 0 Å². The van der Waals surface area contributed by atoms with E-state index in [2.05, 4.69) is 0 Å². The third kappa shape index (κ3) is 5.04. The average Bonchev–Trinajstić information content (AvgIpc) is 2.15. The number of ketones is 2. The van der Waals surface area contributed by atoms with E-state index in [-0.39, 0.29) is 24.6 Å². The Morgan fingerprint density at radius 1 is 1.27 bits per heavy atom. The maximum Gasteiger partial charge on any atom is 0.161 e. The summed E-state index contributed by atoms with van der Waals surface area (Å²) in [6, 6.07) is 0. The van der Waals surface area contributed by atoms with E-state index in [1.807, 2.05) is 0 Å². The van der Waals surface area contributed by atoms with Crippen LogP contribution in [0.5, 0.6) is 0 Å². The van der Waals surface area contributed by atoms with E-state index < -0.39 is 11.5 Å². The zero-order valence-corrected chi connectivity index (χ0v) is 9.62. The summed E-state index contributed by atoms with van der Waals surface area (Å²) in [5, 5.41) is 18.6. The Hall–Kier alpha value is -0.740. The lowest BCUT2D eigenvalue weighted by atomic mass is 9.84. The average molecular weight is 216 g/mol. The normalized spacial score (nSPS) is 13.7. The minimum absolute atomic E-state index is 0.0405. The molecule has 0 aromatic heterocycles. The van der Waals surface area contributed by atoms with Gasteiger partial charge >= 0.3 is 0 Å². The standard InChI is InChI=1S/C11H20O4/c1-8(13)5-4-6-9(14)10(15)11(2,3)7-12/h10,12,15H,4-7H2,1-3H3/t10-/m0/s1. The molecule has 1 atom stereocenters. The molecule has 4 nitrogen and oxygen atoms in total. The van der Waals surface area contributed by atoms with Crippen LogP contribution in [0.25, 0.3) is 0 Å². The summed E-state index contributed by atoms with van der Waals surface area (Å²) in [7, 11) is 0. The second-order valence-electron chi connectivity index (χ2n) is 4.57. The molecule has 88 valence electrons. The summed E-state index contributed by atoms with van der Waals surface area (Å²) in [5.41, 5.74) is -0.812. The molecule has 0 rings (SSSR count). The first-order chi connectivity index (χ1) is 6.81. The maximum absolute atomic E-state index is 11.5. The fourth-order valence-electron chi connectivity index (χ4n) is 1.17. The molecule has 0 radical (unpaired) electrons. The van der Waals surface area contributed by atoms with Gasteiger partial charge in [0.1, 0.15) is 11.9 Å². The van der Waals surface area contributed by atoms with E-state index in [0.29, 0.717) is 12.8 Å². The number of rotatable bonds is 7. The molecule has 0 aliphatic rings.